The van der Waals surface area contributed by atoms with Crippen molar-refractivity contribution in [3.8, 4) is 23.0 Å². The molecule has 1 N–H and O–H groups in total. The van der Waals surface area contributed by atoms with Crippen LogP contribution in [0.1, 0.15) is 15.9 Å². The molecule has 0 bridgehead atoms. The predicted molar refractivity (Wildman–Crippen MR) is 80.6 cm³/mol. The number of carbonyl (C=O) groups excluding carboxylic acids is 1. The molecule has 5 heteroatoms. The minimum Gasteiger partial charge on any atom is -0.507 e. The zero-order valence-corrected chi connectivity index (χ0v) is 12.0. The summed E-state index contributed by atoms with van der Waals surface area (Å²) in [4.78, 5) is 12.5. The zero-order valence-electron chi connectivity index (χ0n) is 12.0. The third kappa shape index (κ3) is 2.37. The fraction of sp³-hybridized carbons (Fsp3) is 0.118. The number of carbonyl (C=O) groups is 1. The van der Waals surface area contributed by atoms with Crippen molar-refractivity contribution in [2.24, 2.45) is 0 Å². The number of fused-ring (bicyclic) bond motifs is 1. The first-order valence-electron chi connectivity index (χ1n) is 6.61. The van der Waals surface area contributed by atoms with E-state index in [4.69, 9.17) is 14.2 Å². The third-order valence-corrected chi connectivity index (χ3v) is 3.44. The number of hydrogen-bond acceptors (Lipinski definition) is 5. The summed E-state index contributed by atoms with van der Waals surface area (Å²) < 4.78 is 15.5. The van der Waals surface area contributed by atoms with Crippen molar-refractivity contribution < 1.29 is 24.1 Å². The summed E-state index contributed by atoms with van der Waals surface area (Å²) in [5, 5.41) is 9.96. The van der Waals surface area contributed by atoms with E-state index in [1.165, 1.54) is 19.2 Å². The van der Waals surface area contributed by atoms with Gasteiger partial charge in [0, 0.05) is 11.6 Å². The highest BCUT2D eigenvalue weighted by atomic mass is 16.7. The van der Waals surface area contributed by atoms with Crippen LogP contribution < -0.4 is 14.2 Å². The van der Waals surface area contributed by atoms with Crippen molar-refractivity contribution in [1.29, 1.82) is 0 Å². The molecule has 0 fully saturated rings. The molecule has 1 heterocycles. The van der Waals surface area contributed by atoms with Gasteiger partial charge < -0.3 is 19.3 Å². The second-order valence-corrected chi connectivity index (χ2v) is 4.76. The fourth-order valence-corrected chi connectivity index (χ4v) is 2.21. The van der Waals surface area contributed by atoms with Crippen molar-refractivity contribution in [1.82, 2.24) is 0 Å². The standard InChI is InChI=1S/C17H14O5/c1-10(11-3-6-15-16(7-11)22-9-21-15)17(19)13-5-4-12(20-2)8-14(13)18/h3-8,18H,1,9H2,2H3. The lowest BCUT2D eigenvalue weighted by atomic mass is 9.97. The molecule has 0 unspecified atom stereocenters. The van der Waals surface area contributed by atoms with Gasteiger partial charge in [-0.2, -0.15) is 0 Å². The molecular weight excluding hydrogens is 284 g/mol. The second-order valence-electron chi connectivity index (χ2n) is 4.76. The highest BCUT2D eigenvalue weighted by molar-refractivity contribution is 6.29. The van der Waals surface area contributed by atoms with E-state index < -0.39 is 0 Å². The Bertz CT molecular complexity index is 764. The Morgan fingerprint density at radius 1 is 1.18 bits per heavy atom. The lowest BCUT2D eigenvalue weighted by Gasteiger charge is -2.09. The van der Waals surface area contributed by atoms with Gasteiger partial charge in [0.2, 0.25) is 6.79 Å². The van der Waals surface area contributed by atoms with Crippen LogP contribution in [0.25, 0.3) is 5.57 Å². The largest absolute Gasteiger partial charge is 0.507 e. The van der Waals surface area contributed by atoms with Crippen LogP contribution in [0, 0.1) is 0 Å². The Morgan fingerprint density at radius 2 is 1.95 bits per heavy atom. The van der Waals surface area contributed by atoms with Gasteiger partial charge in [0.15, 0.2) is 17.3 Å². The summed E-state index contributed by atoms with van der Waals surface area (Å²) in [6, 6.07) is 9.66. The maximum atomic E-state index is 12.5. The SMILES string of the molecule is C=C(C(=O)c1ccc(OC)cc1O)c1ccc2c(c1)OCO2. The maximum absolute atomic E-state index is 12.5. The molecule has 2 aromatic rings. The number of benzene rings is 2. The minimum atomic E-state index is -0.362. The van der Waals surface area contributed by atoms with Crippen molar-refractivity contribution in [3.05, 3.63) is 54.1 Å². The van der Waals surface area contributed by atoms with E-state index in [0.29, 0.717) is 22.8 Å². The van der Waals surface area contributed by atoms with Crippen LogP contribution in [-0.2, 0) is 0 Å². The highest BCUT2D eigenvalue weighted by Crippen LogP contribution is 2.35. The molecule has 0 aromatic heterocycles. The molecule has 0 spiro atoms. The van der Waals surface area contributed by atoms with Crippen molar-refractivity contribution >= 4 is 11.4 Å². The Hall–Kier alpha value is -2.95. The van der Waals surface area contributed by atoms with E-state index in [-0.39, 0.29) is 29.5 Å². The van der Waals surface area contributed by atoms with E-state index in [2.05, 4.69) is 6.58 Å². The van der Waals surface area contributed by atoms with Gasteiger partial charge in [-0.1, -0.05) is 12.6 Å². The Balaban J connectivity index is 1.90. The predicted octanol–water partition coefficient (Wildman–Crippen LogP) is 3.03. The molecule has 0 saturated carbocycles. The summed E-state index contributed by atoms with van der Waals surface area (Å²) in [6.45, 7) is 3.99. The summed E-state index contributed by atoms with van der Waals surface area (Å²) in [6.07, 6.45) is 0. The quantitative estimate of drug-likeness (QED) is 0.694. The maximum Gasteiger partial charge on any atom is 0.231 e. The van der Waals surface area contributed by atoms with Crippen molar-refractivity contribution in [3.63, 3.8) is 0 Å². The van der Waals surface area contributed by atoms with Crippen LogP contribution in [0.4, 0.5) is 0 Å². The van der Waals surface area contributed by atoms with E-state index in [9.17, 15) is 9.90 Å². The topological polar surface area (TPSA) is 65.0 Å². The van der Waals surface area contributed by atoms with Gasteiger partial charge in [-0.3, -0.25) is 4.79 Å². The molecule has 0 saturated heterocycles. The average Bonchev–Trinajstić information content (AvgIpc) is 3.00. The van der Waals surface area contributed by atoms with Gasteiger partial charge in [-0.15, -0.1) is 0 Å². The first-order valence-corrected chi connectivity index (χ1v) is 6.61. The number of hydrogen-bond donors (Lipinski definition) is 1. The molecule has 0 radical (unpaired) electrons. The van der Waals surface area contributed by atoms with Crippen LogP contribution in [0.15, 0.2) is 43.0 Å². The zero-order chi connectivity index (χ0) is 15.7. The lowest BCUT2D eigenvalue weighted by Crippen LogP contribution is -2.02. The smallest absolute Gasteiger partial charge is 0.231 e. The summed E-state index contributed by atoms with van der Waals surface area (Å²) in [7, 11) is 1.49. The summed E-state index contributed by atoms with van der Waals surface area (Å²) in [5.41, 5.74) is 1.05. The van der Waals surface area contributed by atoms with Crippen LogP contribution in [0.3, 0.4) is 0 Å². The number of aromatic hydroxyl groups is 1. The summed E-state index contributed by atoms with van der Waals surface area (Å²) >= 11 is 0. The molecule has 2 aromatic carbocycles. The number of ketones is 1. The summed E-state index contributed by atoms with van der Waals surface area (Å²) in [5.74, 6) is 1.18. The number of allylic oxidation sites excluding steroid dienone is 1. The number of ether oxygens (including phenoxy) is 3. The molecule has 3 rings (SSSR count). The van der Waals surface area contributed by atoms with Crippen LogP contribution in [0.5, 0.6) is 23.0 Å². The molecule has 0 atom stereocenters. The Kier molecular flexibility index (Phi) is 3.47. The normalized spacial score (nSPS) is 12.0. The Morgan fingerprint density at radius 3 is 2.68 bits per heavy atom. The number of rotatable bonds is 4. The number of methoxy groups -OCH3 is 1. The second kappa shape index (κ2) is 5.44. The van der Waals surface area contributed by atoms with E-state index in [1.807, 2.05) is 0 Å². The van der Waals surface area contributed by atoms with Gasteiger partial charge in [-0.25, -0.2) is 0 Å². The van der Waals surface area contributed by atoms with E-state index in [1.54, 1.807) is 24.3 Å². The molecule has 1 aliphatic rings. The fourth-order valence-electron chi connectivity index (χ4n) is 2.21. The van der Waals surface area contributed by atoms with Crippen LogP contribution in [0.2, 0.25) is 0 Å². The van der Waals surface area contributed by atoms with Crippen molar-refractivity contribution in [2.75, 3.05) is 13.9 Å². The first-order chi connectivity index (χ1) is 10.6. The Labute approximate surface area is 127 Å². The molecule has 1 aliphatic heterocycles. The minimum absolute atomic E-state index is 0.147. The number of phenols is 1. The van der Waals surface area contributed by atoms with E-state index >= 15 is 0 Å². The van der Waals surface area contributed by atoms with Gasteiger partial charge in [0.1, 0.15) is 11.5 Å². The third-order valence-electron chi connectivity index (χ3n) is 3.44. The van der Waals surface area contributed by atoms with Crippen molar-refractivity contribution in [2.45, 2.75) is 0 Å². The lowest BCUT2D eigenvalue weighted by molar-refractivity contribution is 0.105. The number of phenolic OH excluding ortho intramolecular Hbond substituents is 1. The molecule has 0 aliphatic carbocycles. The number of Topliss-reactive ketones (excluding diaryl/α,β-unsaturated/α-hetero) is 1. The monoisotopic (exact) mass is 298 g/mol. The van der Waals surface area contributed by atoms with Gasteiger partial charge in [0.25, 0.3) is 0 Å². The molecule has 112 valence electrons. The molecule has 0 amide bonds. The molecule has 22 heavy (non-hydrogen) atoms. The van der Waals surface area contributed by atoms with Crippen LogP contribution in [-0.4, -0.2) is 24.8 Å². The van der Waals surface area contributed by atoms with E-state index in [0.717, 1.165) is 0 Å². The van der Waals surface area contributed by atoms with Gasteiger partial charge in [0.05, 0.1) is 12.7 Å². The highest BCUT2D eigenvalue weighted by Gasteiger charge is 2.20. The average molecular weight is 298 g/mol. The molecular formula is C17H14O5. The first kappa shape index (κ1) is 14.0. The van der Waals surface area contributed by atoms with Gasteiger partial charge >= 0.3 is 0 Å². The molecule has 5 nitrogen and oxygen atoms in total. The van der Waals surface area contributed by atoms with Crippen LogP contribution >= 0.6 is 0 Å². The van der Waals surface area contributed by atoms with Gasteiger partial charge in [-0.05, 0) is 29.8 Å².